The third-order valence-corrected chi connectivity index (χ3v) is 12.0. The minimum Gasteiger partial charge on any atom is -0.365 e. The summed E-state index contributed by atoms with van der Waals surface area (Å²) in [4.78, 5) is 59.1. The molecule has 3 amide bonds. The van der Waals surface area contributed by atoms with Gasteiger partial charge in [-0.2, -0.15) is 0 Å². The van der Waals surface area contributed by atoms with Gasteiger partial charge in [-0.05, 0) is 82.0 Å². The predicted octanol–water partition coefficient (Wildman–Crippen LogP) is 2.86. The van der Waals surface area contributed by atoms with Crippen molar-refractivity contribution < 1.29 is 37.2 Å². The highest BCUT2D eigenvalue weighted by atomic mass is 19.1. The van der Waals surface area contributed by atoms with E-state index in [1.807, 2.05) is 14.0 Å². The van der Waals surface area contributed by atoms with Gasteiger partial charge in [0.25, 0.3) is 11.8 Å². The standard InChI is InChI=1S/C35H49F2N5O5/c1-20-17-41(14-13-40(20)4)32(45)30-21(2)24-11-12-26(25(36)15-24)38-31(44)29(28(22-7-8-22)23-9-10-23)39-33(46)35(37)16-27(35)42(30,5)18-34(3,19-43)47-6/h11-12,15,19-23,27-30H,7-10,13-14,16-18H2,1-6H3,(H-,38,39,44,46)/p+1/t20-,21+,27?,29+,30-,34?,35?,42?/m1/s1. The Morgan fingerprint density at radius 3 is 2.40 bits per heavy atom. The number of carbonyl (C=O) groups excluding carboxylic acids is 4. The highest BCUT2D eigenvalue weighted by Crippen LogP contribution is 2.54. The summed E-state index contributed by atoms with van der Waals surface area (Å²) in [5.74, 6) is -2.72. The van der Waals surface area contributed by atoms with Crippen molar-refractivity contribution in [3.63, 3.8) is 0 Å². The molecular weight excluding hydrogens is 608 g/mol. The molecular formula is C35H50F2N5O5+. The van der Waals surface area contributed by atoms with Gasteiger partial charge in [0.1, 0.15) is 24.4 Å². The number of alkyl halides is 1. The van der Waals surface area contributed by atoms with Crippen LogP contribution in [-0.2, 0) is 23.9 Å². The smallest absolute Gasteiger partial charge is 0.281 e. The number of anilines is 1. The highest BCUT2D eigenvalue weighted by molar-refractivity contribution is 6.00. The Balaban J connectivity index is 1.48. The molecule has 12 heteroatoms. The van der Waals surface area contributed by atoms with E-state index < -0.39 is 52.9 Å². The Hall–Kier alpha value is -2.96. The number of hydrogen-bond acceptors (Lipinski definition) is 6. The average molecular weight is 659 g/mol. The molecule has 3 saturated carbocycles. The van der Waals surface area contributed by atoms with E-state index in [0.29, 0.717) is 31.5 Å². The van der Waals surface area contributed by atoms with Gasteiger partial charge < -0.3 is 29.7 Å². The van der Waals surface area contributed by atoms with Gasteiger partial charge in [-0.15, -0.1) is 0 Å². The quantitative estimate of drug-likeness (QED) is 0.329. The number of aldehydes is 1. The van der Waals surface area contributed by atoms with Crippen molar-refractivity contribution >= 4 is 29.7 Å². The minimum atomic E-state index is -2.39. The summed E-state index contributed by atoms with van der Waals surface area (Å²) in [6, 6.07) is 1.58. The van der Waals surface area contributed by atoms with Gasteiger partial charge in [0.05, 0.1) is 19.2 Å². The zero-order chi connectivity index (χ0) is 34.1. The molecule has 3 aliphatic carbocycles. The number of methoxy groups -OCH3 is 1. The lowest BCUT2D eigenvalue weighted by atomic mass is 9.86. The molecule has 7 rings (SSSR count). The number of ether oxygens (including phenoxy) is 1. The summed E-state index contributed by atoms with van der Waals surface area (Å²) >= 11 is 0. The number of rotatable bonds is 8. The van der Waals surface area contributed by atoms with Gasteiger partial charge in [-0.3, -0.25) is 19.2 Å². The molecule has 258 valence electrons. The Kier molecular flexibility index (Phi) is 8.79. The van der Waals surface area contributed by atoms with Crippen LogP contribution in [0.1, 0.15) is 64.4 Å². The second-order valence-electron chi connectivity index (χ2n) is 15.5. The number of nitrogens with one attached hydrogen (secondary N) is 2. The summed E-state index contributed by atoms with van der Waals surface area (Å²) in [5.41, 5.74) is -3.34. The summed E-state index contributed by atoms with van der Waals surface area (Å²) in [6.45, 7) is 6.88. The number of benzene rings is 1. The van der Waals surface area contributed by atoms with E-state index in [0.717, 1.165) is 25.7 Å². The second-order valence-corrected chi connectivity index (χ2v) is 15.5. The maximum atomic E-state index is 17.2. The van der Waals surface area contributed by atoms with Crippen molar-refractivity contribution in [2.24, 2.45) is 17.8 Å². The lowest BCUT2D eigenvalue weighted by Gasteiger charge is -2.49. The Morgan fingerprint density at radius 2 is 1.85 bits per heavy atom. The molecule has 1 aromatic carbocycles. The lowest BCUT2D eigenvalue weighted by molar-refractivity contribution is -0.942. The van der Waals surface area contributed by atoms with Gasteiger partial charge in [0, 0.05) is 38.7 Å². The maximum Gasteiger partial charge on any atom is 0.281 e. The molecule has 1 aromatic rings. The molecule has 2 bridgehead atoms. The molecule has 0 spiro atoms. The van der Waals surface area contributed by atoms with E-state index in [9.17, 15) is 19.2 Å². The van der Waals surface area contributed by atoms with Crippen molar-refractivity contribution in [3.8, 4) is 0 Å². The number of halogens is 2. The topological polar surface area (TPSA) is 108 Å². The molecule has 0 aromatic heterocycles. The summed E-state index contributed by atoms with van der Waals surface area (Å²) < 4.78 is 38.4. The lowest BCUT2D eigenvalue weighted by Crippen LogP contribution is -2.69. The van der Waals surface area contributed by atoms with Crippen molar-refractivity contribution in [3.05, 3.63) is 29.6 Å². The number of hydrogen-bond donors (Lipinski definition) is 2. The first-order valence-corrected chi connectivity index (χ1v) is 17.1. The predicted molar refractivity (Wildman–Crippen MR) is 172 cm³/mol. The Bertz CT molecular complexity index is 1430. The molecule has 6 aliphatic rings. The minimum absolute atomic E-state index is 0.0344. The Labute approximate surface area is 276 Å². The number of nitrogens with zero attached hydrogens (tertiary/aromatic N) is 3. The molecule has 1 saturated heterocycles. The fraction of sp³-hybridized carbons (Fsp3) is 0.714. The number of carbonyl (C=O) groups is 4. The van der Waals surface area contributed by atoms with E-state index in [4.69, 9.17) is 4.74 Å². The van der Waals surface area contributed by atoms with Crippen LogP contribution in [-0.4, -0.2) is 121 Å². The van der Waals surface area contributed by atoms with Crippen molar-refractivity contribution in [2.45, 2.75) is 94.2 Å². The van der Waals surface area contributed by atoms with Crippen LogP contribution in [0.25, 0.3) is 0 Å². The van der Waals surface area contributed by atoms with Gasteiger partial charge in [-0.1, -0.05) is 13.0 Å². The van der Waals surface area contributed by atoms with Crippen LogP contribution in [0, 0.1) is 23.6 Å². The van der Waals surface area contributed by atoms with E-state index in [2.05, 4.69) is 15.5 Å². The van der Waals surface area contributed by atoms with Gasteiger partial charge in [-0.25, -0.2) is 8.78 Å². The first-order chi connectivity index (χ1) is 22.2. The fourth-order valence-corrected chi connectivity index (χ4v) is 8.58. The zero-order valence-corrected chi connectivity index (χ0v) is 28.4. The van der Waals surface area contributed by atoms with Gasteiger partial charge in [0.15, 0.2) is 17.9 Å². The summed E-state index contributed by atoms with van der Waals surface area (Å²) in [6.07, 6.45) is 4.17. The Morgan fingerprint density at radius 1 is 1.19 bits per heavy atom. The van der Waals surface area contributed by atoms with Crippen LogP contribution >= 0.6 is 0 Å². The van der Waals surface area contributed by atoms with Crippen molar-refractivity contribution in [1.82, 2.24) is 15.1 Å². The third-order valence-electron chi connectivity index (χ3n) is 12.0. The second kappa shape index (κ2) is 12.2. The summed E-state index contributed by atoms with van der Waals surface area (Å²) in [7, 11) is 5.11. The van der Waals surface area contributed by atoms with Crippen molar-refractivity contribution in [2.75, 3.05) is 52.7 Å². The first kappa shape index (κ1) is 33.9. The van der Waals surface area contributed by atoms with Crippen LogP contribution in [0.15, 0.2) is 18.2 Å². The molecule has 10 nitrogen and oxygen atoms in total. The van der Waals surface area contributed by atoms with Crippen LogP contribution in [0.2, 0.25) is 0 Å². The highest BCUT2D eigenvalue weighted by Gasteiger charge is 2.74. The van der Waals surface area contributed by atoms with Crippen molar-refractivity contribution in [1.29, 1.82) is 0 Å². The molecule has 4 fully saturated rings. The summed E-state index contributed by atoms with van der Waals surface area (Å²) in [5, 5.41) is 5.50. The molecule has 8 atom stereocenters. The first-order valence-electron chi connectivity index (χ1n) is 17.1. The SMILES string of the molecule is COC(C)(C=O)C[N+]1(C)C2CC2(F)C(=O)N[C@@H](C(C2CC2)C2CC2)C(=O)Nc2ccc(cc2F)[C@H](C)[C@@H]1C(=O)N1CCN(C)[C@H](C)C1. The van der Waals surface area contributed by atoms with E-state index in [1.165, 1.54) is 19.2 Å². The van der Waals surface area contributed by atoms with Crippen LogP contribution in [0.3, 0.4) is 0 Å². The molecule has 0 radical (unpaired) electrons. The normalized spacial score (nSPS) is 36.2. The van der Waals surface area contributed by atoms with E-state index in [1.54, 1.807) is 31.9 Å². The molecule has 47 heavy (non-hydrogen) atoms. The largest absolute Gasteiger partial charge is 0.365 e. The molecule has 2 N–H and O–H groups in total. The number of likely N-dealkylation sites (N-methyl/N-ethyl adjacent to an activating group) is 2. The van der Waals surface area contributed by atoms with Gasteiger partial charge in [0.2, 0.25) is 11.6 Å². The van der Waals surface area contributed by atoms with Crippen LogP contribution < -0.4 is 10.6 Å². The number of fused-ring (bicyclic) bond motifs is 8. The zero-order valence-electron chi connectivity index (χ0n) is 28.4. The maximum absolute atomic E-state index is 17.2. The van der Waals surface area contributed by atoms with E-state index >= 15 is 8.78 Å². The molecule has 3 heterocycles. The number of amides is 3. The third kappa shape index (κ3) is 6.21. The van der Waals surface area contributed by atoms with E-state index in [-0.39, 0.29) is 52.8 Å². The molecule has 3 aliphatic heterocycles. The monoisotopic (exact) mass is 658 g/mol. The average Bonchev–Trinajstić information content (AvgIpc) is 3.89. The fourth-order valence-electron chi connectivity index (χ4n) is 8.58. The number of quaternary nitrogens is 1. The number of piperazine rings is 1. The van der Waals surface area contributed by atoms with Crippen LogP contribution in [0.5, 0.6) is 0 Å². The van der Waals surface area contributed by atoms with Gasteiger partial charge >= 0.3 is 0 Å². The molecule has 4 unspecified atom stereocenters. The van der Waals surface area contributed by atoms with Crippen LogP contribution in [0.4, 0.5) is 14.5 Å².